The van der Waals surface area contributed by atoms with Crippen molar-refractivity contribution in [1.82, 2.24) is 4.90 Å². The van der Waals surface area contributed by atoms with Gasteiger partial charge in [-0.15, -0.1) is 11.8 Å². The van der Waals surface area contributed by atoms with Crippen LogP contribution in [0.4, 0.5) is 0 Å². The fraction of sp³-hybridized carbons (Fsp3) is 0.586. The Kier molecular flexibility index (Phi) is 6.49. The maximum absolute atomic E-state index is 11.1. The number of phenols is 1. The molecule has 188 valence electrons. The van der Waals surface area contributed by atoms with Gasteiger partial charge in [0.25, 0.3) is 0 Å². The number of fused-ring (bicyclic) bond motifs is 5. The average molecular weight is 514 g/mol. The monoisotopic (exact) mass is 513 g/mol. The molecular weight excluding hydrogens is 478 g/mol. The Morgan fingerprint density at radius 1 is 1.14 bits per heavy atom. The fourth-order valence-corrected chi connectivity index (χ4v) is 9.07. The Hall–Kier alpha value is -1.40. The van der Waals surface area contributed by atoms with Crippen LogP contribution in [-0.4, -0.2) is 52.5 Å². The number of aromatic hydroxyl groups is 1. The van der Waals surface area contributed by atoms with E-state index >= 15 is 0 Å². The predicted octanol–water partition coefficient (Wildman–Crippen LogP) is 6.04. The Labute approximate surface area is 218 Å². The van der Waals surface area contributed by atoms with Gasteiger partial charge in [-0.3, -0.25) is 4.90 Å². The van der Waals surface area contributed by atoms with Gasteiger partial charge in [0, 0.05) is 24.7 Å². The third-order valence-corrected chi connectivity index (χ3v) is 11.0. The van der Waals surface area contributed by atoms with Gasteiger partial charge in [-0.25, -0.2) is 0 Å². The Morgan fingerprint density at radius 2 is 1.97 bits per heavy atom. The summed E-state index contributed by atoms with van der Waals surface area (Å²) < 4.78 is 6.07. The highest BCUT2D eigenvalue weighted by atomic mass is 35.5. The summed E-state index contributed by atoms with van der Waals surface area (Å²) in [6, 6.07) is 12.6. The van der Waals surface area contributed by atoms with Crippen molar-refractivity contribution >= 4 is 23.4 Å². The molecule has 4 aliphatic rings. The minimum atomic E-state index is -0.230. The largest absolute Gasteiger partial charge is 0.506 e. The molecule has 0 unspecified atom stereocenters. The van der Waals surface area contributed by atoms with E-state index in [0.29, 0.717) is 28.7 Å². The number of aliphatic hydroxyl groups is 1. The quantitative estimate of drug-likeness (QED) is 0.510. The average Bonchev–Trinajstić information content (AvgIpc) is 3.49. The van der Waals surface area contributed by atoms with Gasteiger partial charge >= 0.3 is 0 Å². The summed E-state index contributed by atoms with van der Waals surface area (Å²) in [5.41, 5.74) is 3.70. The summed E-state index contributed by atoms with van der Waals surface area (Å²) in [5, 5.41) is 21.9. The van der Waals surface area contributed by atoms with E-state index in [9.17, 15) is 10.2 Å². The van der Waals surface area contributed by atoms with Crippen LogP contribution in [0.2, 0.25) is 5.02 Å². The second-order valence-electron chi connectivity index (χ2n) is 11.3. The second-order valence-corrected chi connectivity index (χ2v) is 12.7. The highest BCUT2D eigenvalue weighted by molar-refractivity contribution is 7.99. The molecule has 4 nitrogen and oxygen atoms in total. The first-order valence-corrected chi connectivity index (χ1v) is 14.7. The van der Waals surface area contributed by atoms with Crippen LogP contribution in [0.3, 0.4) is 0 Å². The first-order valence-electron chi connectivity index (χ1n) is 13.2. The van der Waals surface area contributed by atoms with Gasteiger partial charge in [0.05, 0.1) is 11.1 Å². The van der Waals surface area contributed by atoms with Crippen molar-refractivity contribution in [2.45, 2.75) is 57.0 Å². The third-order valence-electron chi connectivity index (χ3n) is 9.59. The number of aliphatic hydroxyl groups excluding tert-OH is 1. The molecule has 6 heteroatoms. The van der Waals surface area contributed by atoms with Gasteiger partial charge in [-0.1, -0.05) is 36.7 Å². The highest BCUT2D eigenvalue weighted by Gasteiger charge is 2.57. The van der Waals surface area contributed by atoms with Crippen LogP contribution in [0.5, 0.6) is 11.5 Å². The Morgan fingerprint density at radius 3 is 2.74 bits per heavy atom. The number of thioether (sulfide) groups is 1. The molecule has 2 saturated carbocycles. The van der Waals surface area contributed by atoms with E-state index in [2.05, 4.69) is 42.2 Å². The van der Waals surface area contributed by atoms with E-state index < -0.39 is 0 Å². The molecule has 3 fully saturated rings. The number of hydrogen-bond donors (Lipinski definition) is 2. The molecule has 1 heterocycles. The molecule has 0 bridgehead atoms. The maximum Gasteiger partial charge on any atom is 0.134 e. The van der Waals surface area contributed by atoms with Crippen LogP contribution in [0, 0.1) is 17.3 Å². The molecule has 0 amide bonds. The molecule has 1 saturated heterocycles. The minimum absolute atomic E-state index is 0.0486. The molecule has 0 spiro atoms. The van der Waals surface area contributed by atoms with Gasteiger partial charge in [0.2, 0.25) is 0 Å². The summed E-state index contributed by atoms with van der Waals surface area (Å²) >= 11 is 8.59. The van der Waals surface area contributed by atoms with Crippen molar-refractivity contribution < 1.29 is 14.9 Å². The van der Waals surface area contributed by atoms with E-state index in [4.69, 9.17) is 16.3 Å². The van der Waals surface area contributed by atoms with Gasteiger partial charge in [-0.05, 0) is 96.1 Å². The molecule has 6 atom stereocenters. The zero-order valence-electron chi connectivity index (χ0n) is 20.5. The van der Waals surface area contributed by atoms with Crippen molar-refractivity contribution in [1.29, 1.82) is 0 Å². The number of rotatable bonds is 5. The standard InChI is InChI=1S/C29H36ClNO3S/c1-29-16-23(18-2-4-19(5-3-18)34-14-12-31-13-15-35-17-31)27-20-8-10-25(32)28(30)21(20)6-7-22(27)24(29)9-11-26(29)33/h2-5,8,10,22-24,26-27,32-33H,6-7,9,11-17H2,1H3/t22-,23+,24-,26-,27+,29-/m0/s1. The number of benzene rings is 2. The second kappa shape index (κ2) is 9.48. The van der Waals surface area contributed by atoms with Gasteiger partial charge < -0.3 is 14.9 Å². The van der Waals surface area contributed by atoms with Crippen LogP contribution in [0.15, 0.2) is 36.4 Å². The molecule has 2 aromatic rings. The molecule has 35 heavy (non-hydrogen) atoms. The molecule has 0 aromatic heterocycles. The van der Waals surface area contributed by atoms with Gasteiger partial charge in [-0.2, -0.15) is 0 Å². The lowest BCUT2D eigenvalue weighted by atomic mass is 9.51. The van der Waals surface area contributed by atoms with Crippen LogP contribution < -0.4 is 4.74 Å². The van der Waals surface area contributed by atoms with Crippen molar-refractivity contribution in [3.8, 4) is 11.5 Å². The fourth-order valence-electron chi connectivity index (χ4n) is 7.77. The zero-order chi connectivity index (χ0) is 24.2. The highest BCUT2D eigenvalue weighted by Crippen LogP contribution is 2.65. The predicted molar refractivity (Wildman–Crippen MR) is 143 cm³/mol. The van der Waals surface area contributed by atoms with E-state index in [1.54, 1.807) is 6.07 Å². The molecule has 2 N–H and O–H groups in total. The lowest BCUT2D eigenvalue weighted by Gasteiger charge is -2.54. The number of hydrogen-bond acceptors (Lipinski definition) is 5. The van der Waals surface area contributed by atoms with Crippen LogP contribution in [0.1, 0.15) is 61.1 Å². The lowest BCUT2D eigenvalue weighted by molar-refractivity contribution is -0.0322. The topological polar surface area (TPSA) is 52.9 Å². The normalized spacial score (nSPS) is 34.3. The van der Waals surface area contributed by atoms with E-state index in [1.165, 1.54) is 16.9 Å². The van der Waals surface area contributed by atoms with Crippen molar-refractivity contribution in [2.75, 3.05) is 31.3 Å². The van der Waals surface area contributed by atoms with E-state index in [0.717, 1.165) is 69.0 Å². The van der Waals surface area contributed by atoms with Gasteiger partial charge in [0.1, 0.15) is 18.1 Å². The number of ether oxygens (including phenoxy) is 1. The summed E-state index contributed by atoms with van der Waals surface area (Å²) in [7, 11) is 0. The Bertz CT molecular complexity index is 1070. The molecule has 1 aliphatic heterocycles. The van der Waals surface area contributed by atoms with E-state index in [1.807, 2.05) is 11.8 Å². The lowest BCUT2D eigenvalue weighted by Crippen LogP contribution is -2.47. The van der Waals surface area contributed by atoms with Crippen molar-refractivity contribution in [3.05, 3.63) is 58.1 Å². The van der Waals surface area contributed by atoms with Crippen molar-refractivity contribution in [2.24, 2.45) is 17.3 Å². The van der Waals surface area contributed by atoms with Crippen molar-refractivity contribution in [3.63, 3.8) is 0 Å². The van der Waals surface area contributed by atoms with E-state index in [-0.39, 0.29) is 17.3 Å². The summed E-state index contributed by atoms with van der Waals surface area (Å²) in [5.74, 6) is 5.18. The third kappa shape index (κ3) is 4.17. The number of nitrogens with zero attached hydrogens (tertiary/aromatic N) is 1. The first-order chi connectivity index (χ1) is 17.0. The Balaban J connectivity index is 1.29. The smallest absolute Gasteiger partial charge is 0.134 e. The van der Waals surface area contributed by atoms with Crippen LogP contribution in [-0.2, 0) is 6.42 Å². The summed E-state index contributed by atoms with van der Waals surface area (Å²) in [6.07, 6.45) is 4.73. The zero-order valence-corrected chi connectivity index (χ0v) is 22.0. The summed E-state index contributed by atoms with van der Waals surface area (Å²) in [6.45, 7) is 5.18. The molecule has 6 rings (SSSR count). The number of phenolic OH excluding ortho intramolecular Hbond substituents is 1. The summed E-state index contributed by atoms with van der Waals surface area (Å²) in [4.78, 5) is 2.44. The van der Waals surface area contributed by atoms with Crippen LogP contribution in [0.25, 0.3) is 0 Å². The number of halogens is 1. The molecule has 2 aromatic carbocycles. The van der Waals surface area contributed by atoms with Gasteiger partial charge in [0.15, 0.2) is 0 Å². The van der Waals surface area contributed by atoms with Crippen LogP contribution >= 0.6 is 23.4 Å². The maximum atomic E-state index is 11.1. The minimum Gasteiger partial charge on any atom is -0.506 e. The SMILES string of the molecule is C[C@]12C[C@H](c3ccc(OCCN4CCSC4)cc3)[C@@H]3c4ccc(O)c(Cl)c4CC[C@H]3[C@@H]1CC[C@@H]2O. The molecule has 3 aliphatic carbocycles. The first kappa shape index (κ1) is 24.0. The molecule has 0 radical (unpaired) electrons. The molecular formula is C29H36ClNO3S.